The Morgan fingerprint density at radius 3 is 2.80 bits per heavy atom. The van der Waals surface area contributed by atoms with Crippen LogP contribution in [0.4, 0.5) is 0 Å². The molecule has 0 aromatic heterocycles. The van der Waals surface area contributed by atoms with Crippen molar-refractivity contribution in [1.82, 2.24) is 4.90 Å². The molecule has 114 valence electrons. The number of hydrogen-bond acceptors (Lipinski definition) is 4. The summed E-state index contributed by atoms with van der Waals surface area (Å²) in [4.78, 5) is 25.0. The van der Waals surface area contributed by atoms with Gasteiger partial charge in [-0.3, -0.25) is 4.79 Å². The molecule has 3 atom stereocenters. The Labute approximate surface area is 124 Å². The number of rotatable bonds is 5. The van der Waals surface area contributed by atoms with Crippen molar-refractivity contribution in [2.75, 3.05) is 18.9 Å². The molecular weight excluding hydrogens is 278 g/mol. The standard InChI is InChI=1S/C14H23NO4S/c1-10(9-20-12-6-2-3-8-19-12)13(16)15-7-4-5-11(15)14(17)18/h10-12H,2-9H2,1H3,(H,17,18)/t10?,11-,12?/m0/s1. The van der Waals surface area contributed by atoms with Crippen LogP contribution in [0.5, 0.6) is 0 Å². The van der Waals surface area contributed by atoms with Gasteiger partial charge in [0.05, 0.1) is 0 Å². The van der Waals surface area contributed by atoms with Crippen LogP contribution in [-0.2, 0) is 14.3 Å². The zero-order valence-corrected chi connectivity index (χ0v) is 12.7. The molecule has 1 amide bonds. The number of carboxylic acid groups (broad SMARTS) is 1. The van der Waals surface area contributed by atoms with Gasteiger partial charge in [0.1, 0.15) is 11.5 Å². The summed E-state index contributed by atoms with van der Waals surface area (Å²) in [5.74, 6) is -0.359. The second-order valence-corrected chi connectivity index (χ2v) is 6.75. The first kappa shape index (κ1) is 15.6. The van der Waals surface area contributed by atoms with Gasteiger partial charge in [-0.1, -0.05) is 6.92 Å². The summed E-state index contributed by atoms with van der Waals surface area (Å²) in [7, 11) is 0. The normalized spacial score (nSPS) is 28.4. The monoisotopic (exact) mass is 301 g/mol. The van der Waals surface area contributed by atoms with E-state index < -0.39 is 12.0 Å². The number of carboxylic acids is 1. The van der Waals surface area contributed by atoms with Gasteiger partial charge in [0.15, 0.2) is 0 Å². The van der Waals surface area contributed by atoms with Gasteiger partial charge < -0.3 is 14.7 Å². The lowest BCUT2D eigenvalue weighted by Crippen LogP contribution is -2.43. The summed E-state index contributed by atoms with van der Waals surface area (Å²) < 4.78 is 5.64. The molecule has 2 saturated heterocycles. The summed E-state index contributed by atoms with van der Waals surface area (Å²) in [6, 6.07) is -0.624. The van der Waals surface area contributed by atoms with E-state index >= 15 is 0 Å². The molecule has 2 heterocycles. The minimum Gasteiger partial charge on any atom is -0.480 e. The molecule has 0 saturated carbocycles. The highest BCUT2D eigenvalue weighted by Gasteiger charge is 2.35. The van der Waals surface area contributed by atoms with E-state index in [1.54, 1.807) is 11.8 Å². The van der Waals surface area contributed by atoms with Crippen molar-refractivity contribution in [1.29, 1.82) is 0 Å². The van der Waals surface area contributed by atoms with Gasteiger partial charge in [-0.15, -0.1) is 11.8 Å². The second-order valence-electron chi connectivity index (χ2n) is 5.56. The molecule has 2 fully saturated rings. The maximum Gasteiger partial charge on any atom is 0.326 e. The maximum absolute atomic E-state index is 12.3. The van der Waals surface area contributed by atoms with E-state index in [1.165, 1.54) is 11.3 Å². The third-order valence-electron chi connectivity index (χ3n) is 3.91. The number of hydrogen-bond donors (Lipinski definition) is 1. The molecule has 0 aromatic rings. The van der Waals surface area contributed by atoms with Gasteiger partial charge in [0.2, 0.25) is 5.91 Å². The van der Waals surface area contributed by atoms with Gasteiger partial charge in [-0.25, -0.2) is 4.79 Å². The fourth-order valence-corrected chi connectivity index (χ4v) is 3.91. The summed E-state index contributed by atoms with van der Waals surface area (Å²) >= 11 is 1.69. The topological polar surface area (TPSA) is 66.8 Å². The summed E-state index contributed by atoms with van der Waals surface area (Å²) in [5.41, 5.74) is 0.202. The number of aliphatic carboxylic acids is 1. The Balaban J connectivity index is 1.80. The number of carbonyl (C=O) groups excluding carboxylic acids is 1. The number of ether oxygens (including phenoxy) is 1. The molecule has 5 nitrogen and oxygen atoms in total. The number of nitrogens with zero attached hydrogens (tertiary/aromatic N) is 1. The Hall–Kier alpha value is -0.750. The molecule has 20 heavy (non-hydrogen) atoms. The number of amides is 1. The molecule has 2 unspecified atom stereocenters. The molecule has 1 N–H and O–H groups in total. The van der Waals surface area contributed by atoms with Crippen LogP contribution in [0.2, 0.25) is 0 Å². The number of thioether (sulfide) groups is 1. The van der Waals surface area contributed by atoms with Crippen LogP contribution in [0, 0.1) is 5.92 Å². The first-order valence-corrected chi connectivity index (χ1v) is 8.41. The first-order valence-electron chi connectivity index (χ1n) is 7.36. The molecule has 2 rings (SSSR count). The van der Waals surface area contributed by atoms with E-state index in [2.05, 4.69) is 0 Å². The molecule has 0 aromatic carbocycles. The largest absolute Gasteiger partial charge is 0.480 e. The van der Waals surface area contributed by atoms with Crippen LogP contribution in [0.3, 0.4) is 0 Å². The lowest BCUT2D eigenvalue weighted by Gasteiger charge is -2.27. The van der Waals surface area contributed by atoms with Crippen molar-refractivity contribution >= 4 is 23.6 Å². The van der Waals surface area contributed by atoms with Crippen LogP contribution in [0.1, 0.15) is 39.0 Å². The highest BCUT2D eigenvalue weighted by Crippen LogP contribution is 2.27. The third-order valence-corrected chi connectivity index (χ3v) is 5.35. The van der Waals surface area contributed by atoms with E-state index in [9.17, 15) is 9.59 Å². The molecular formula is C14H23NO4S. The number of likely N-dealkylation sites (tertiary alicyclic amines) is 1. The van der Waals surface area contributed by atoms with Crippen molar-refractivity contribution in [3.05, 3.63) is 0 Å². The third kappa shape index (κ3) is 3.88. The predicted octanol–water partition coefficient (Wildman–Crippen LogP) is 1.96. The van der Waals surface area contributed by atoms with Crippen molar-refractivity contribution < 1.29 is 19.4 Å². The highest BCUT2D eigenvalue weighted by atomic mass is 32.2. The van der Waals surface area contributed by atoms with E-state index in [0.29, 0.717) is 18.7 Å². The summed E-state index contributed by atoms with van der Waals surface area (Å²) in [5, 5.41) is 9.13. The quantitative estimate of drug-likeness (QED) is 0.841. The maximum atomic E-state index is 12.3. The summed E-state index contributed by atoms with van der Waals surface area (Å²) in [6.45, 7) is 3.27. The minimum absolute atomic E-state index is 0.0294. The lowest BCUT2D eigenvalue weighted by atomic mass is 10.1. The number of carbonyl (C=O) groups is 2. The molecule has 6 heteroatoms. The molecule has 2 aliphatic rings. The minimum atomic E-state index is -0.883. The fourth-order valence-electron chi connectivity index (χ4n) is 2.74. The van der Waals surface area contributed by atoms with Crippen LogP contribution >= 0.6 is 11.8 Å². The second kappa shape index (κ2) is 7.31. The lowest BCUT2D eigenvalue weighted by molar-refractivity contribution is -0.149. The van der Waals surface area contributed by atoms with Crippen molar-refractivity contribution in [2.24, 2.45) is 5.92 Å². The highest BCUT2D eigenvalue weighted by molar-refractivity contribution is 7.99. The smallest absolute Gasteiger partial charge is 0.326 e. The van der Waals surface area contributed by atoms with Gasteiger partial charge >= 0.3 is 5.97 Å². The average molecular weight is 301 g/mol. The molecule has 0 bridgehead atoms. The summed E-state index contributed by atoms with van der Waals surface area (Å²) in [6.07, 6.45) is 4.72. The van der Waals surface area contributed by atoms with Crippen LogP contribution < -0.4 is 0 Å². The molecule has 2 aliphatic heterocycles. The fraction of sp³-hybridized carbons (Fsp3) is 0.857. The van der Waals surface area contributed by atoms with Gasteiger partial charge in [0.25, 0.3) is 0 Å². The Bertz CT molecular complexity index is 357. The van der Waals surface area contributed by atoms with Crippen molar-refractivity contribution in [3.63, 3.8) is 0 Å². The van der Waals surface area contributed by atoms with E-state index in [0.717, 1.165) is 25.9 Å². The van der Waals surface area contributed by atoms with Crippen molar-refractivity contribution in [2.45, 2.75) is 50.5 Å². The zero-order valence-electron chi connectivity index (χ0n) is 11.9. The average Bonchev–Trinajstić information content (AvgIpc) is 2.94. The van der Waals surface area contributed by atoms with Crippen LogP contribution in [0.15, 0.2) is 0 Å². The molecule has 0 aliphatic carbocycles. The van der Waals surface area contributed by atoms with Gasteiger partial charge in [-0.2, -0.15) is 0 Å². The zero-order chi connectivity index (χ0) is 14.5. The SMILES string of the molecule is CC(CSC1CCCCO1)C(=O)N1CCC[C@H]1C(=O)O. The molecule has 0 radical (unpaired) electrons. The van der Waals surface area contributed by atoms with Gasteiger partial charge in [0, 0.05) is 24.8 Å². The van der Waals surface area contributed by atoms with Crippen LogP contribution in [-0.4, -0.2) is 52.3 Å². The molecule has 0 spiro atoms. The van der Waals surface area contributed by atoms with E-state index in [4.69, 9.17) is 9.84 Å². The van der Waals surface area contributed by atoms with E-state index in [1.807, 2.05) is 6.92 Å². The van der Waals surface area contributed by atoms with Gasteiger partial charge in [-0.05, 0) is 32.1 Å². The first-order chi connectivity index (χ1) is 9.59. The Morgan fingerprint density at radius 1 is 1.35 bits per heavy atom. The van der Waals surface area contributed by atoms with Crippen molar-refractivity contribution in [3.8, 4) is 0 Å². The van der Waals surface area contributed by atoms with E-state index in [-0.39, 0.29) is 17.3 Å². The predicted molar refractivity (Wildman–Crippen MR) is 77.6 cm³/mol. The Morgan fingerprint density at radius 2 is 2.15 bits per heavy atom. The Kier molecular flexibility index (Phi) is 5.72. The van der Waals surface area contributed by atoms with Crippen LogP contribution in [0.25, 0.3) is 0 Å².